The fourth-order valence-electron chi connectivity index (χ4n) is 9.46. The molecule has 4 aromatic heterocycles. The number of hydrogen-bond donors (Lipinski definition) is 0. The van der Waals surface area contributed by atoms with Crippen molar-refractivity contribution in [2.75, 3.05) is 0 Å². The van der Waals surface area contributed by atoms with Crippen molar-refractivity contribution in [1.82, 2.24) is 24.5 Å². The Labute approximate surface area is 367 Å². The van der Waals surface area contributed by atoms with Crippen molar-refractivity contribution in [3.8, 4) is 62.2 Å². The van der Waals surface area contributed by atoms with Crippen LogP contribution in [-0.2, 0) is 0 Å². The quantitative estimate of drug-likeness (QED) is 0.156. The van der Waals surface area contributed by atoms with Crippen LogP contribution in [0.3, 0.4) is 0 Å². The molecule has 0 fully saturated rings. The van der Waals surface area contributed by atoms with Gasteiger partial charge in [-0.1, -0.05) is 164 Å². The van der Waals surface area contributed by atoms with E-state index >= 15 is 0 Å². The molecule has 0 spiro atoms. The first-order valence-electron chi connectivity index (χ1n) is 21.5. The largest absolute Gasteiger partial charge is 0.454 e. The number of hydrogen-bond acceptors (Lipinski definition) is 5. The number of furan rings is 1. The SMILES string of the molecule is c1ccc(-c2ccc3c4ccccc4n(-c4ccc(-c5ccc(-c6nc(-c7cc8ccccc8c8ccccc78)nc(-c7nccc8c7oc7ccccc78)n6)cc5)cc4)c3c2)cc1. The third-order valence-corrected chi connectivity index (χ3v) is 12.5. The molecule has 0 saturated heterocycles. The summed E-state index contributed by atoms with van der Waals surface area (Å²) in [5.74, 6) is 1.57. The van der Waals surface area contributed by atoms with Crippen molar-refractivity contribution in [3.63, 3.8) is 0 Å². The van der Waals surface area contributed by atoms with Gasteiger partial charge in [-0.2, -0.15) is 0 Å². The van der Waals surface area contributed by atoms with Crippen LogP contribution in [0, 0.1) is 0 Å². The summed E-state index contributed by atoms with van der Waals surface area (Å²) in [7, 11) is 0. The predicted octanol–water partition coefficient (Wildman–Crippen LogP) is 14.9. The van der Waals surface area contributed by atoms with Crippen molar-refractivity contribution < 1.29 is 4.42 Å². The second-order valence-electron chi connectivity index (χ2n) is 16.2. The molecule has 0 unspecified atom stereocenters. The lowest BCUT2D eigenvalue weighted by molar-refractivity contribution is 0.667. The monoisotopic (exact) mass is 817 g/mol. The first kappa shape index (κ1) is 36.0. The van der Waals surface area contributed by atoms with E-state index in [1.165, 1.54) is 38.3 Å². The summed E-state index contributed by atoms with van der Waals surface area (Å²) in [5.41, 5.74) is 11.9. The molecule has 0 radical (unpaired) electrons. The van der Waals surface area contributed by atoms with Gasteiger partial charge < -0.3 is 8.98 Å². The highest BCUT2D eigenvalue weighted by Crippen LogP contribution is 2.39. The maximum atomic E-state index is 6.45. The molecule has 13 aromatic rings. The number of rotatable bonds is 6. The van der Waals surface area contributed by atoms with Gasteiger partial charge in [0.05, 0.1) is 11.0 Å². The van der Waals surface area contributed by atoms with Crippen LogP contribution < -0.4 is 0 Å². The first-order valence-corrected chi connectivity index (χ1v) is 21.5. The molecular weight excluding hydrogens is 783 g/mol. The van der Waals surface area contributed by atoms with Crippen LogP contribution in [0.25, 0.3) is 128 Å². The van der Waals surface area contributed by atoms with Gasteiger partial charge in [-0.3, -0.25) is 0 Å². The van der Waals surface area contributed by atoms with E-state index in [4.69, 9.17) is 24.4 Å². The molecule has 0 N–H and O–H groups in total. The molecule has 64 heavy (non-hydrogen) atoms. The molecule has 0 aliphatic rings. The standard InChI is InChI=1S/C58H35N5O/c1-2-12-36(13-3-1)40-28-31-47-46-18-8-10-20-51(46)63(52(47)35-40)42-29-26-38(27-30-42)37-22-24-39(25-23-37)56-60-57(50-34-41-14-4-5-15-43(41)44-16-6-7-17-45(44)50)62-58(61-56)54-55-49(32-33-59-54)48-19-9-11-21-53(48)64-55/h1-35H. The minimum atomic E-state index is 0.447. The predicted molar refractivity (Wildman–Crippen MR) is 261 cm³/mol. The Hall–Kier alpha value is -8.74. The number of benzene rings is 9. The molecular formula is C58H35N5O. The maximum absolute atomic E-state index is 6.45. The maximum Gasteiger partial charge on any atom is 0.186 e. The number of para-hydroxylation sites is 2. The van der Waals surface area contributed by atoms with E-state index in [2.05, 4.69) is 187 Å². The molecule has 4 heterocycles. The number of fused-ring (bicyclic) bond motifs is 9. The topological polar surface area (TPSA) is 69.6 Å². The van der Waals surface area contributed by atoms with Crippen molar-refractivity contribution in [1.29, 1.82) is 0 Å². The highest BCUT2D eigenvalue weighted by Gasteiger charge is 2.21. The highest BCUT2D eigenvalue weighted by molar-refractivity contribution is 6.14. The Balaban J connectivity index is 0.918. The van der Waals surface area contributed by atoms with Gasteiger partial charge in [0, 0.05) is 44.6 Å². The third kappa shape index (κ3) is 5.81. The molecule has 0 saturated carbocycles. The second kappa shape index (κ2) is 14.4. The van der Waals surface area contributed by atoms with Gasteiger partial charge >= 0.3 is 0 Å². The molecule has 0 bridgehead atoms. The smallest absolute Gasteiger partial charge is 0.186 e. The Morgan fingerprint density at radius 1 is 0.359 bits per heavy atom. The lowest BCUT2D eigenvalue weighted by Crippen LogP contribution is -2.02. The zero-order valence-corrected chi connectivity index (χ0v) is 34.4. The molecule has 6 heteroatoms. The summed E-state index contributed by atoms with van der Waals surface area (Å²) in [6, 6.07) is 72.5. The van der Waals surface area contributed by atoms with Crippen LogP contribution in [0.1, 0.15) is 0 Å². The van der Waals surface area contributed by atoms with Gasteiger partial charge in [-0.25, -0.2) is 19.9 Å². The summed E-state index contributed by atoms with van der Waals surface area (Å²) in [5, 5.41) is 8.96. The third-order valence-electron chi connectivity index (χ3n) is 12.5. The van der Waals surface area contributed by atoms with Gasteiger partial charge in [0.15, 0.2) is 28.8 Å². The molecule has 0 amide bonds. The summed E-state index contributed by atoms with van der Waals surface area (Å²) in [4.78, 5) is 20.4. The van der Waals surface area contributed by atoms with Crippen molar-refractivity contribution >= 4 is 65.3 Å². The van der Waals surface area contributed by atoms with E-state index in [0.717, 1.165) is 60.5 Å². The molecule has 9 aromatic carbocycles. The zero-order chi connectivity index (χ0) is 42.1. The molecule has 0 aliphatic carbocycles. The van der Waals surface area contributed by atoms with Crippen LogP contribution in [0.2, 0.25) is 0 Å². The van der Waals surface area contributed by atoms with Gasteiger partial charge in [-0.05, 0) is 86.3 Å². The summed E-state index contributed by atoms with van der Waals surface area (Å²) in [6.07, 6.45) is 1.80. The van der Waals surface area contributed by atoms with E-state index in [-0.39, 0.29) is 0 Å². The fraction of sp³-hybridized carbons (Fsp3) is 0. The van der Waals surface area contributed by atoms with Crippen LogP contribution >= 0.6 is 0 Å². The second-order valence-corrected chi connectivity index (χ2v) is 16.2. The minimum Gasteiger partial charge on any atom is -0.454 e. The number of nitrogens with zero attached hydrogens (tertiary/aromatic N) is 5. The van der Waals surface area contributed by atoms with Gasteiger partial charge in [0.25, 0.3) is 0 Å². The van der Waals surface area contributed by atoms with Crippen molar-refractivity contribution in [3.05, 3.63) is 212 Å². The van der Waals surface area contributed by atoms with E-state index in [1.807, 2.05) is 24.3 Å². The molecule has 6 nitrogen and oxygen atoms in total. The van der Waals surface area contributed by atoms with Crippen LogP contribution in [0.5, 0.6) is 0 Å². The Morgan fingerprint density at radius 2 is 0.953 bits per heavy atom. The first-order chi connectivity index (χ1) is 31.7. The van der Waals surface area contributed by atoms with Crippen LogP contribution in [-0.4, -0.2) is 24.5 Å². The summed E-state index contributed by atoms with van der Waals surface area (Å²) < 4.78 is 8.83. The Morgan fingerprint density at radius 3 is 1.78 bits per heavy atom. The Bertz CT molecular complexity index is 3940. The van der Waals surface area contributed by atoms with Gasteiger partial charge in [0.1, 0.15) is 5.58 Å². The van der Waals surface area contributed by atoms with Crippen molar-refractivity contribution in [2.45, 2.75) is 0 Å². The minimum absolute atomic E-state index is 0.447. The van der Waals surface area contributed by atoms with Crippen LogP contribution in [0.4, 0.5) is 0 Å². The van der Waals surface area contributed by atoms with Crippen molar-refractivity contribution in [2.24, 2.45) is 0 Å². The van der Waals surface area contributed by atoms with Crippen LogP contribution in [0.15, 0.2) is 217 Å². The molecule has 298 valence electrons. The zero-order valence-electron chi connectivity index (χ0n) is 34.4. The number of pyridine rings is 1. The van der Waals surface area contributed by atoms with E-state index in [0.29, 0.717) is 28.8 Å². The number of aromatic nitrogens is 5. The molecule has 0 aliphatic heterocycles. The van der Waals surface area contributed by atoms with Gasteiger partial charge in [-0.15, -0.1) is 0 Å². The normalized spacial score (nSPS) is 11.8. The molecule has 0 atom stereocenters. The lowest BCUT2D eigenvalue weighted by Gasteiger charge is -2.13. The van der Waals surface area contributed by atoms with E-state index < -0.39 is 0 Å². The Kier molecular flexibility index (Phi) is 8.11. The van der Waals surface area contributed by atoms with E-state index in [9.17, 15) is 0 Å². The lowest BCUT2D eigenvalue weighted by atomic mass is 9.97. The summed E-state index contributed by atoms with van der Waals surface area (Å²) in [6.45, 7) is 0. The van der Waals surface area contributed by atoms with Gasteiger partial charge in [0.2, 0.25) is 0 Å². The highest BCUT2D eigenvalue weighted by atomic mass is 16.3. The average molecular weight is 818 g/mol. The summed E-state index contributed by atoms with van der Waals surface area (Å²) >= 11 is 0. The molecule has 13 rings (SSSR count). The van der Waals surface area contributed by atoms with E-state index in [1.54, 1.807) is 6.20 Å². The average Bonchev–Trinajstić information content (AvgIpc) is 3.92. The fourth-order valence-corrected chi connectivity index (χ4v) is 9.46.